The Kier molecular flexibility index (Phi) is 4.45. The first-order chi connectivity index (χ1) is 8.10. The molecule has 96 valence electrons. The standard InChI is InChI=1S/C10H17N3O3S/c1-11-6-5-7(16-4)8(12-2)9(13-3)10(6)17(14)15/h5,11-13,17H,1-4H3. The molecule has 6 nitrogen and oxygen atoms in total. The zero-order valence-electron chi connectivity index (χ0n) is 10.2. The van der Waals surface area contributed by atoms with Crippen LogP contribution in [0.1, 0.15) is 0 Å². The van der Waals surface area contributed by atoms with Crippen LogP contribution in [0.25, 0.3) is 0 Å². The molecule has 0 amide bonds. The Hall–Kier alpha value is -1.63. The van der Waals surface area contributed by atoms with E-state index in [1.54, 1.807) is 27.2 Å². The van der Waals surface area contributed by atoms with Crippen LogP contribution >= 0.6 is 0 Å². The van der Waals surface area contributed by atoms with Crippen molar-refractivity contribution in [2.45, 2.75) is 4.90 Å². The van der Waals surface area contributed by atoms with Crippen molar-refractivity contribution in [3.8, 4) is 5.75 Å². The summed E-state index contributed by atoms with van der Waals surface area (Å²) >= 11 is 0. The summed E-state index contributed by atoms with van der Waals surface area (Å²) in [6.45, 7) is 0. The molecule has 7 heteroatoms. The van der Waals surface area contributed by atoms with Crippen LogP contribution in [0.15, 0.2) is 11.0 Å². The molecule has 0 atom stereocenters. The van der Waals surface area contributed by atoms with Crippen molar-refractivity contribution in [1.82, 2.24) is 0 Å². The Balaban J connectivity index is 3.67. The van der Waals surface area contributed by atoms with Gasteiger partial charge in [-0.2, -0.15) is 0 Å². The normalized spacial score (nSPS) is 10.2. The van der Waals surface area contributed by atoms with E-state index in [1.165, 1.54) is 7.11 Å². The molecule has 1 aromatic rings. The Bertz CT molecular complexity index is 478. The van der Waals surface area contributed by atoms with Gasteiger partial charge < -0.3 is 20.7 Å². The second-order valence-corrected chi connectivity index (χ2v) is 4.19. The Morgan fingerprint density at radius 2 is 1.65 bits per heavy atom. The minimum absolute atomic E-state index is 0.218. The lowest BCUT2D eigenvalue weighted by atomic mass is 10.2. The van der Waals surface area contributed by atoms with Gasteiger partial charge >= 0.3 is 0 Å². The zero-order chi connectivity index (χ0) is 13.0. The van der Waals surface area contributed by atoms with E-state index in [0.29, 0.717) is 22.8 Å². The maximum absolute atomic E-state index is 11.3. The van der Waals surface area contributed by atoms with Gasteiger partial charge in [0.05, 0.1) is 18.5 Å². The van der Waals surface area contributed by atoms with Crippen molar-refractivity contribution in [2.24, 2.45) is 0 Å². The molecule has 0 fully saturated rings. The molecule has 1 rings (SSSR count). The van der Waals surface area contributed by atoms with Gasteiger partial charge in [0.15, 0.2) is 10.7 Å². The Labute approximate surface area is 102 Å². The first-order valence-electron chi connectivity index (χ1n) is 5.03. The summed E-state index contributed by atoms with van der Waals surface area (Å²) in [7, 11) is 3.86. The first-order valence-corrected chi connectivity index (χ1v) is 6.21. The van der Waals surface area contributed by atoms with E-state index >= 15 is 0 Å². The lowest BCUT2D eigenvalue weighted by molar-refractivity contribution is 0.417. The number of hydrogen-bond acceptors (Lipinski definition) is 6. The van der Waals surface area contributed by atoms with Gasteiger partial charge in [0, 0.05) is 27.2 Å². The highest BCUT2D eigenvalue weighted by molar-refractivity contribution is 7.72. The van der Waals surface area contributed by atoms with Gasteiger partial charge in [-0.05, 0) is 0 Å². The van der Waals surface area contributed by atoms with Crippen LogP contribution in [0.2, 0.25) is 0 Å². The highest BCUT2D eigenvalue weighted by atomic mass is 32.2. The molecule has 0 aliphatic heterocycles. The van der Waals surface area contributed by atoms with Gasteiger partial charge in [0.1, 0.15) is 16.3 Å². The second-order valence-electron chi connectivity index (χ2n) is 3.23. The molecule has 0 aliphatic carbocycles. The summed E-state index contributed by atoms with van der Waals surface area (Å²) in [5.74, 6) is 0.571. The van der Waals surface area contributed by atoms with Crippen LogP contribution < -0.4 is 20.7 Å². The molecule has 17 heavy (non-hydrogen) atoms. The number of nitrogens with one attached hydrogen (secondary N) is 3. The van der Waals surface area contributed by atoms with Crippen molar-refractivity contribution in [2.75, 3.05) is 44.2 Å². The highest BCUT2D eigenvalue weighted by Gasteiger charge is 2.18. The van der Waals surface area contributed by atoms with Gasteiger partial charge in [0.25, 0.3) is 0 Å². The third-order valence-corrected chi connectivity index (χ3v) is 3.27. The van der Waals surface area contributed by atoms with Gasteiger partial charge in [-0.1, -0.05) is 0 Å². The molecule has 0 spiro atoms. The molecule has 0 bridgehead atoms. The average Bonchev–Trinajstić information content (AvgIpc) is 2.35. The van der Waals surface area contributed by atoms with E-state index in [1.807, 2.05) is 0 Å². The molecule has 1 aromatic carbocycles. The SMILES string of the molecule is CNc1cc(OC)c(NC)c(NC)c1[SH](=O)=O. The number of rotatable bonds is 5. The molecule has 0 heterocycles. The lowest BCUT2D eigenvalue weighted by Gasteiger charge is -2.18. The summed E-state index contributed by atoms with van der Waals surface area (Å²) < 4.78 is 27.8. The minimum Gasteiger partial charge on any atom is -0.494 e. The molecule has 0 saturated heterocycles. The van der Waals surface area contributed by atoms with E-state index in [2.05, 4.69) is 16.0 Å². The minimum atomic E-state index is -2.71. The van der Waals surface area contributed by atoms with Gasteiger partial charge in [-0.15, -0.1) is 0 Å². The van der Waals surface area contributed by atoms with Crippen LogP contribution in [-0.4, -0.2) is 36.7 Å². The number of hydrogen-bond donors (Lipinski definition) is 4. The predicted octanol–water partition coefficient (Wildman–Crippen LogP) is 0.791. The molecular formula is C10H17N3O3S. The maximum Gasteiger partial charge on any atom is 0.172 e. The summed E-state index contributed by atoms with van der Waals surface area (Å²) in [5, 5.41) is 8.66. The number of anilines is 3. The highest BCUT2D eigenvalue weighted by Crippen LogP contribution is 2.40. The fraction of sp³-hybridized carbons (Fsp3) is 0.400. The van der Waals surface area contributed by atoms with E-state index in [4.69, 9.17) is 4.74 Å². The van der Waals surface area contributed by atoms with Gasteiger partial charge in [-0.25, -0.2) is 8.42 Å². The fourth-order valence-corrected chi connectivity index (χ4v) is 2.46. The average molecular weight is 259 g/mol. The fourth-order valence-electron chi connectivity index (χ4n) is 1.68. The lowest BCUT2D eigenvalue weighted by Crippen LogP contribution is -2.06. The predicted molar refractivity (Wildman–Crippen MR) is 70.2 cm³/mol. The van der Waals surface area contributed by atoms with Crippen LogP contribution in [0, 0.1) is 0 Å². The summed E-state index contributed by atoms with van der Waals surface area (Å²) in [4.78, 5) is 0.218. The second kappa shape index (κ2) is 5.62. The third kappa shape index (κ3) is 2.38. The van der Waals surface area contributed by atoms with Crippen molar-refractivity contribution < 1.29 is 13.2 Å². The van der Waals surface area contributed by atoms with E-state index < -0.39 is 10.7 Å². The van der Waals surface area contributed by atoms with Crippen molar-refractivity contribution >= 4 is 27.8 Å². The maximum atomic E-state index is 11.3. The van der Waals surface area contributed by atoms with Crippen molar-refractivity contribution in [1.29, 1.82) is 0 Å². The molecule has 0 aliphatic rings. The van der Waals surface area contributed by atoms with Crippen LogP contribution in [0.5, 0.6) is 5.75 Å². The quantitative estimate of drug-likeness (QED) is 0.586. The number of ether oxygens (including phenoxy) is 1. The van der Waals surface area contributed by atoms with E-state index in [9.17, 15) is 8.42 Å². The van der Waals surface area contributed by atoms with E-state index in [-0.39, 0.29) is 4.90 Å². The Morgan fingerprint density at radius 1 is 1.06 bits per heavy atom. The molecule has 0 aromatic heterocycles. The smallest absolute Gasteiger partial charge is 0.172 e. The molecule has 0 radical (unpaired) electrons. The Morgan fingerprint density at radius 3 is 2.00 bits per heavy atom. The third-order valence-electron chi connectivity index (χ3n) is 2.44. The van der Waals surface area contributed by atoms with Crippen LogP contribution in [0.3, 0.4) is 0 Å². The molecular weight excluding hydrogens is 242 g/mol. The molecule has 0 unspecified atom stereocenters. The number of benzene rings is 1. The monoisotopic (exact) mass is 259 g/mol. The number of thiol groups is 1. The first kappa shape index (κ1) is 13.4. The molecule has 3 N–H and O–H groups in total. The van der Waals surface area contributed by atoms with Crippen LogP contribution in [0.4, 0.5) is 17.1 Å². The summed E-state index contributed by atoms with van der Waals surface area (Å²) in [6.07, 6.45) is 0. The summed E-state index contributed by atoms with van der Waals surface area (Å²) in [5.41, 5.74) is 1.61. The van der Waals surface area contributed by atoms with Crippen LogP contribution in [-0.2, 0) is 10.7 Å². The molecule has 0 saturated carbocycles. The summed E-state index contributed by atoms with van der Waals surface area (Å²) in [6, 6.07) is 1.65. The largest absolute Gasteiger partial charge is 0.494 e. The zero-order valence-corrected chi connectivity index (χ0v) is 11.1. The van der Waals surface area contributed by atoms with Crippen molar-refractivity contribution in [3.63, 3.8) is 0 Å². The topological polar surface area (TPSA) is 79.5 Å². The van der Waals surface area contributed by atoms with Crippen molar-refractivity contribution in [3.05, 3.63) is 6.07 Å². The number of methoxy groups -OCH3 is 1. The van der Waals surface area contributed by atoms with Gasteiger partial charge in [0.2, 0.25) is 0 Å². The van der Waals surface area contributed by atoms with E-state index in [0.717, 1.165) is 0 Å². The van der Waals surface area contributed by atoms with Gasteiger partial charge in [-0.3, -0.25) is 0 Å².